The van der Waals surface area contributed by atoms with Crippen molar-refractivity contribution in [3.63, 3.8) is 0 Å². The molecule has 0 aliphatic carbocycles. The van der Waals surface area contributed by atoms with Crippen LogP contribution in [0.15, 0.2) is 35.3 Å². The van der Waals surface area contributed by atoms with Crippen LogP contribution in [-0.2, 0) is 17.9 Å². The number of carbonyl (C=O) groups excluding carboxylic acids is 1. The molecule has 0 saturated carbocycles. The van der Waals surface area contributed by atoms with E-state index in [4.69, 9.17) is 0 Å². The van der Waals surface area contributed by atoms with Gasteiger partial charge < -0.3 is 9.47 Å². The summed E-state index contributed by atoms with van der Waals surface area (Å²) in [5.41, 5.74) is 4.06. The number of hydrogen-bond acceptors (Lipinski definition) is 4. The number of hydrogen-bond donors (Lipinski definition) is 0. The largest absolute Gasteiger partial charge is 0.342 e. The zero-order valence-corrected chi connectivity index (χ0v) is 17.7. The molecule has 0 aromatic carbocycles. The number of amides is 1. The van der Waals surface area contributed by atoms with Gasteiger partial charge in [-0.15, -0.1) is 0 Å². The van der Waals surface area contributed by atoms with Gasteiger partial charge in [-0.05, 0) is 56.0 Å². The number of piperidine rings is 2. The molecular formula is C24H30N4O2. The predicted molar refractivity (Wildman–Crippen MR) is 116 cm³/mol. The highest BCUT2D eigenvalue weighted by Crippen LogP contribution is 2.36. The molecule has 0 N–H and O–H groups in total. The predicted octanol–water partition coefficient (Wildman–Crippen LogP) is 2.86. The number of carbonyl (C=O) groups is 1. The van der Waals surface area contributed by atoms with Crippen LogP contribution in [0.1, 0.15) is 49.8 Å². The molecular weight excluding hydrogens is 376 g/mol. The number of pyridine rings is 2. The maximum atomic E-state index is 12.9. The molecule has 5 rings (SSSR count). The van der Waals surface area contributed by atoms with Crippen LogP contribution in [0, 0.1) is 5.92 Å². The molecule has 2 atom stereocenters. The highest BCUT2D eigenvalue weighted by Gasteiger charge is 2.35. The minimum atomic E-state index is 0.0488. The molecule has 30 heavy (non-hydrogen) atoms. The van der Waals surface area contributed by atoms with Crippen LogP contribution in [0.3, 0.4) is 0 Å². The van der Waals surface area contributed by atoms with Crippen molar-refractivity contribution >= 4 is 5.91 Å². The number of nitrogens with zero attached hydrogens (tertiary/aromatic N) is 4. The molecule has 2 aromatic heterocycles. The van der Waals surface area contributed by atoms with E-state index in [9.17, 15) is 9.59 Å². The second kappa shape index (κ2) is 7.99. The normalized spacial score (nSPS) is 23.8. The lowest BCUT2D eigenvalue weighted by Crippen LogP contribution is -2.48. The van der Waals surface area contributed by atoms with Gasteiger partial charge in [0.2, 0.25) is 5.91 Å². The van der Waals surface area contributed by atoms with E-state index in [2.05, 4.69) is 22.0 Å². The fraction of sp³-hybridized carbons (Fsp3) is 0.542. The van der Waals surface area contributed by atoms with Crippen LogP contribution >= 0.6 is 0 Å². The number of fused-ring (bicyclic) bond motifs is 4. The van der Waals surface area contributed by atoms with Crippen LogP contribution in [0.2, 0.25) is 0 Å². The van der Waals surface area contributed by atoms with E-state index in [1.165, 1.54) is 37.9 Å². The topological polar surface area (TPSA) is 58.4 Å². The van der Waals surface area contributed by atoms with Gasteiger partial charge in [0.15, 0.2) is 0 Å². The van der Waals surface area contributed by atoms with Crippen molar-refractivity contribution in [1.82, 2.24) is 19.4 Å². The Morgan fingerprint density at radius 2 is 1.93 bits per heavy atom. The molecule has 3 aliphatic rings. The van der Waals surface area contributed by atoms with E-state index in [0.29, 0.717) is 19.0 Å². The second-order valence-corrected chi connectivity index (χ2v) is 9.23. The van der Waals surface area contributed by atoms with Gasteiger partial charge in [-0.1, -0.05) is 12.5 Å². The molecule has 2 saturated heterocycles. The van der Waals surface area contributed by atoms with Crippen molar-refractivity contribution in [1.29, 1.82) is 0 Å². The number of likely N-dealkylation sites (tertiary alicyclic amines) is 2. The van der Waals surface area contributed by atoms with Gasteiger partial charge in [-0.3, -0.25) is 19.5 Å². The second-order valence-electron chi connectivity index (χ2n) is 9.23. The minimum Gasteiger partial charge on any atom is -0.342 e. The average molecular weight is 407 g/mol. The van der Waals surface area contributed by atoms with Crippen LogP contribution in [0.25, 0.3) is 11.3 Å². The molecule has 2 fully saturated rings. The fourth-order valence-electron chi connectivity index (χ4n) is 5.43. The molecule has 2 aromatic rings. The first-order valence-corrected chi connectivity index (χ1v) is 11.2. The van der Waals surface area contributed by atoms with E-state index < -0.39 is 0 Å². The summed E-state index contributed by atoms with van der Waals surface area (Å²) in [6, 6.07) is 8.03. The summed E-state index contributed by atoms with van der Waals surface area (Å²) in [6.45, 7) is 7.10. The van der Waals surface area contributed by atoms with Gasteiger partial charge in [-0.2, -0.15) is 0 Å². The maximum Gasteiger partial charge on any atom is 0.251 e. The third kappa shape index (κ3) is 3.81. The summed E-state index contributed by atoms with van der Waals surface area (Å²) in [5, 5.41) is 0. The first-order chi connectivity index (χ1) is 14.6. The summed E-state index contributed by atoms with van der Waals surface area (Å²) in [6.07, 6.45) is 6.92. The van der Waals surface area contributed by atoms with E-state index in [1.807, 2.05) is 21.7 Å². The molecule has 6 nitrogen and oxygen atoms in total. The van der Waals surface area contributed by atoms with Gasteiger partial charge in [0.05, 0.1) is 5.69 Å². The SMILES string of the molecule is CC(=O)N1C[C@@H]2C[C@H](C1)c1cc(-c3ccc(CN4CCCCC4)cn3)cc(=O)n1C2. The monoisotopic (exact) mass is 406 g/mol. The highest BCUT2D eigenvalue weighted by atomic mass is 16.2. The summed E-state index contributed by atoms with van der Waals surface area (Å²) in [7, 11) is 0. The number of rotatable bonds is 3. The van der Waals surface area contributed by atoms with Gasteiger partial charge in [0.25, 0.3) is 5.56 Å². The third-order valence-electron chi connectivity index (χ3n) is 6.98. The Morgan fingerprint density at radius 3 is 2.67 bits per heavy atom. The first-order valence-electron chi connectivity index (χ1n) is 11.2. The molecule has 3 aliphatic heterocycles. The van der Waals surface area contributed by atoms with Crippen molar-refractivity contribution < 1.29 is 4.79 Å². The molecule has 1 amide bonds. The van der Waals surface area contributed by atoms with Crippen molar-refractivity contribution in [2.45, 2.75) is 51.6 Å². The number of aromatic nitrogens is 2. The summed E-state index contributed by atoms with van der Waals surface area (Å²) >= 11 is 0. The Balaban J connectivity index is 1.39. The van der Waals surface area contributed by atoms with Crippen molar-refractivity contribution in [3.8, 4) is 11.3 Å². The Bertz CT molecular complexity index is 991. The lowest BCUT2D eigenvalue weighted by atomic mass is 9.82. The van der Waals surface area contributed by atoms with Crippen LogP contribution in [0.5, 0.6) is 0 Å². The Morgan fingerprint density at radius 1 is 1.10 bits per heavy atom. The van der Waals surface area contributed by atoms with Crippen LogP contribution < -0.4 is 5.56 Å². The average Bonchev–Trinajstić information content (AvgIpc) is 2.75. The van der Waals surface area contributed by atoms with Crippen molar-refractivity contribution in [2.24, 2.45) is 5.92 Å². The first kappa shape index (κ1) is 19.5. The third-order valence-corrected chi connectivity index (χ3v) is 6.98. The molecule has 5 heterocycles. The van der Waals surface area contributed by atoms with E-state index >= 15 is 0 Å². The van der Waals surface area contributed by atoms with Gasteiger partial charge >= 0.3 is 0 Å². The van der Waals surface area contributed by atoms with Crippen molar-refractivity contribution in [2.75, 3.05) is 26.2 Å². The highest BCUT2D eigenvalue weighted by molar-refractivity contribution is 5.73. The van der Waals surface area contributed by atoms with Crippen LogP contribution in [0.4, 0.5) is 0 Å². The minimum absolute atomic E-state index is 0.0488. The maximum absolute atomic E-state index is 12.9. The van der Waals surface area contributed by atoms with Gasteiger partial charge in [0, 0.05) is 62.5 Å². The molecule has 0 spiro atoms. The molecule has 0 unspecified atom stereocenters. The molecule has 0 radical (unpaired) electrons. The van der Waals surface area contributed by atoms with E-state index in [0.717, 1.165) is 36.5 Å². The van der Waals surface area contributed by atoms with E-state index in [-0.39, 0.29) is 17.4 Å². The quantitative estimate of drug-likeness (QED) is 0.787. The smallest absolute Gasteiger partial charge is 0.251 e. The van der Waals surface area contributed by atoms with Crippen molar-refractivity contribution in [3.05, 3.63) is 52.1 Å². The zero-order chi connectivity index (χ0) is 20.7. The lowest BCUT2D eigenvalue weighted by Gasteiger charge is -2.42. The Labute approximate surface area is 177 Å². The standard InChI is InChI=1S/C24H30N4O2/c1-17(29)27-14-19-9-21(16-27)23-10-20(11-24(30)28(23)15-19)22-6-5-18(12-25-22)13-26-7-3-2-4-8-26/h5-6,10-12,19,21H,2-4,7-9,13-16H2,1H3/t19-,21+/m0/s1. The summed E-state index contributed by atoms with van der Waals surface area (Å²) in [4.78, 5) is 33.9. The summed E-state index contributed by atoms with van der Waals surface area (Å²) in [5.74, 6) is 0.728. The Hall–Kier alpha value is -2.47. The van der Waals surface area contributed by atoms with E-state index in [1.54, 1.807) is 13.0 Å². The molecule has 158 valence electrons. The van der Waals surface area contributed by atoms with Gasteiger partial charge in [0.1, 0.15) is 0 Å². The summed E-state index contributed by atoms with van der Waals surface area (Å²) < 4.78 is 1.92. The lowest BCUT2D eigenvalue weighted by molar-refractivity contribution is -0.131. The fourth-order valence-corrected chi connectivity index (χ4v) is 5.43. The Kier molecular flexibility index (Phi) is 5.19. The molecule has 2 bridgehead atoms. The zero-order valence-electron chi connectivity index (χ0n) is 17.7. The van der Waals surface area contributed by atoms with Crippen LogP contribution in [-0.4, -0.2) is 51.4 Å². The van der Waals surface area contributed by atoms with Gasteiger partial charge in [-0.25, -0.2) is 0 Å². The molecule has 6 heteroatoms.